The zero-order valence-corrected chi connectivity index (χ0v) is 17.3. The summed E-state index contributed by atoms with van der Waals surface area (Å²) in [5, 5.41) is 2.64. The Balaban J connectivity index is 1.70. The van der Waals surface area contributed by atoms with E-state index >= 15 is 0 Å². The van der Waals surface area contributed by atoms with E-state index in [2.05, 4.69) is 97.6 Å². The first-order valence-electron chi connectivity index (χ1n) is 10.7. The van der Waals surface area contributed by atoms with Crippen LogP contribution in [-0.2, 0) is 13.0 Å². The second-order valence-corrected chi connectivity index (χ2v) is 8.03. The van der Waals surface area contributed by atoms with Gasteiger partial charge in [-0.3, -0.25) is 4.90 Å². The SMILES string of the molecule is CCN(CC)Cc1ccc2c(c1)Cc1cc3ccccc3cc1-c1ccccc1-2. The fourth-order valence-electron chi connectivity index (χ4n) is 4.70. The molecule has 0 N–H and O–H groups in total. The van der Waals surface area contributed by atoms with Gasteiger partial charge in [-0.05, 0) is 75.3 Å². The van der Waals surface area contributed by atoms with Crippen LogP contribution < -0.4 is 0 Å². The Labute approximate surface area is 173 Å². The normalized spacial score (nSPS) is 12.4. The number of benzene rings is 4. The van der Waals surface area contributed by atoms with Crippen LogP contribution in [0.3, 0.4) is 0 Å². The molecule has 0 saturated heterocycles. The van der Waals surface area contributed by atoms with E-state index in [1.807, 2.05) is 0 Å². The smallest absolute Gasteiger partial charge is 0.0233 e. The zero-order valence-electron chi connectivity index (χ0n) is 17.3. The summed E-state index contributed by atoms with van der Waals surface area (Å²) in [6, 6.07) is 29.5. The van der Waals surface area contributed by atoms with Crippen molar-refractivity contribution in [2.24, 2.45) is 0 Å². The van der Waals surface area contributed by atoms with Crippen molar-refractivity contribution >= 4 is 10.8 Å². The van der Waals surface area contributed by atoms with Gasteiger partial charge in [-0.1, -0.05) is 86.6 Å². The second-order valence-electron chi connectivity index (χ2n) is 8.03. The third-order valence-electron chi connectivity index (χ3n) is 6.33. The van der Waals surface area contributed by atoms with Gasteiger partial charge in [0.1, 0.15) is 0 Å². The summed E-state index contributed by atoms with van der Waals surface area (Å²) in [6.07, 6.45) is 0.982. The molecule has 1 aliphatic rings. The average Bonchev–Trinajstić information content (AvgIpc) is 2.90. The number of hydrogen-bond acceptors (Lipinski definition) is 1. The van der Waals surface area contributed by atoms with Crippen molar-refractivity contribution in [1.29, 1.82) is 0 Å². The van der Waals surface area contributed by atoms with Gasteiger partial charge in [-0.15, -0.1) is 0 Å². The summed E-state index contributed by atoms with van der Waals surface area (Å²) in [5.74, 6) is 0. The minimum absolute atomic E-state index is 0.982. The fourth-order valence-corrected chi connectivity index (χ4v) is 4.70. The third-order valence-corrected chi connectivity index (χ3v) is 6.33. The molecule has 0 atom stereocenters. The highest BCUT2D eigenvalue weighted by Gasteiger charge is 2.20. The first kappa shape index (κ1) is 18.1. The Kier molecular flexibility index (Phi) is 4.69. The van der Waals surface area contributed by atoms with Crippen LogP contribution in [0, 0.1) is 0 Å². The Morgan fingerprint density at radius 1 is 0.621 bits per heavy atom. The summed E-state index contributed by atoms with van der Waals surface area (Å²) in [5.41, 5.74) is 9.74. The lowest BCUT2D eigenvalue weighted by molar-refractivity contribution is 0.296. The van der Waals surface area contributed by atoms with Gasteiger partial charge in [0.05, 0.1) is 0 Å². The molecule has 0 saturated carbocycles. The maximum Gasteiger partial charge on any atom is 0.0233 e. The second kappa shape index (κ2) is 7.50. The van der Waals surface area contributed by atoms with Crippen LogP contribution >= 0.6 is 0 Å². The average molecular weight is 378 g/mol. The van der Waals surface area contributed by atoms with E-state index in [1.54, 1.807) is 0 Å². The lowest BCUT2D eigenvalue weighted by atomic mass is 9.93. The van der Waals surface area contributed by atoms with Crippen molar-refractivity contribution in [2.45, 2.75) is 26.8 Å². The Morgan fingerprint density at radius 3 is 1.97 bits per heavy atom. The van der Waals surface area contributed by atoms with E-state index < -0.39 is 0 Å². The lowest BCUT2D eigenvalue weighted by Crippen LogP contribution is -2.22. The van der Waals surface area contributed by atoms with Crippen molar-refractivity contribution in [3.05, 3.63) is 95.6 Å². The van der Waals surface area contributed by atoms with Crippen LogP contribution in [-0.4, -0.2) is 18.0 Å². The molecule has 0 unspecified atom stereocenters. The van der Waals surface area contributed by atoms with E-state index in [0.717, 1.165) is 26.1 Å². The van der Waals surface area contributed by atoms with Crippen LogP contribution in [0.15, 0.2) is 78.9 Å². The van der Waals surface area contributed by atoms with Crippen molar-refractivity contribution < 1.29 is 0 Å². The molecule has 29 heavy (non-hydrogen) atoms. The van der Waals surface area contributed by atoms with Crippen LogP contribution in [0.4, 0.5) is 0 Å². The van der Waals surface area contributed by atoms with E-state index in [-0.39, 0.29) is 0 Å². The first-order chi connectivity index (χ1) is 14.3. The monoisotopic (exact) mass is 377 g/mol. The predicted molar refractivity (Wildman–Crippen MR) is 124 cm³/mol. The van der Waals surface area contributed by atoms with Gasteiger partial charge < -0.3 is 0 Å². The largest absolute Gasteiger partial charge is 0.300 e. The van der Waals surface area contributed by atoms with Crippen molar-refractivity contribution in [1.82, 2.24) is 4.90 Å². The quantitative estimate of drug-likeness (QED) is 0.328. The number of hydrogen-bond donors (Lipinski definition) is 0. The topological polar surface area (TPSA) is 3.24 Å². The first-order valence-corrected chi connectivity index (χ1v) is 10.7. The minimum Gasteiger partial charge on any atom is -0.300 e. The lowest BCUT2D eigenvalue weighted by Gasteiger charge is -2.19. The van der Waals surface area contributed by atoms with Gasteiger partial charge >= 0.3 is 0 Å². The molecule has 4 aromatic rings. The molecule has 0 bridgehead atoms. The minimum atomic E-state index is 0.982. The molecule has 144 valence electrons. The van der Waals surface area contributed by atoms with Gasteiger partial charge in [-0.25, -0.2) is 0 Å². The van der Waals surface area contributed by atoms with Gasteiger partial charge in [0, 0.05) is 6.54 Å². The summed E-state index contributed by atoms with van der Waals surface area (Å²) >= 11 is 0. The van der Waals surface area contributed by atoms with Crippen molar-refractivity contribution in [3.8, 4) is 22.3 Å². The molecular weight excluding hydrogens is 350 g/mol. The van der Waals surface area contributed by atoms with Crippen molar-refractivity contribution in [3.63, 3.8) is 0 Å². The molecule has 0 amide bonds. The third kappa shape index (κ3) is 3.26. The maximum absolute atomic E-state index is 2.48. The predicted octanol–water partition coefficient (Wildman–Crippen LogP) is 6.92. The molecular formula is C28H27N. The van der Waals surface area contributed by atoms with Gasteiger partial charge in [0.25, 0.3) is 0 Å². The molecule has 0 spiro atoms. The van der Waals surface area contributed by atoms with E-state index in [1.165, 1.54) is 49.7 Å². The van der Waals surface area contributed by atoms with Gasteiger partial charge in [0.2, 0.25) is 0 Å². The summed E-state index contributed by atoms with van der Waals surface area (Å²) in [6.45, 7) is 7.68. The molecule has 5 rings (SSSR count). The molecule has 0 radical (unpaired) electrons. The molecule has 1 nitrogen and oxygen atoms in total. The fraction of sp³-hybridized carbons (Fsp3) is 0.214. The molecule has 4 aromatic carbocycles. The number of fused-ring (bicyclic) bond motifs is 6. The standard InChI is InChI=1S/C28H27N/c1-3-29(4-2)19-20-13-14-25-23(15-20)17-24-16-21-9-5-6-10-22(21)18-28(24)27-12-8-7-11-26(25)27/h5-16,18H,3-4,17,19H2,1-2H3. The Morgan fingerprint density at radius 2 is 1.24 bits per heavy atom. The van der Waals surface area contributed by atoms with Gasteiger partial charge in [0.15, 0.2) is 0 Å². The molecule has 1 aliphatic carbocycles. The molecule has 0 aromatic heterocycles. The maximum atomic E-state index is 2.48. The molecule has 0 aliphatic heterocycles. The van der Waals surface area contributed by atoms with Crippen LogP contribution in [0.5, 0.6) is 0 Å². The van der Waals surface area contributed by atoms with E-state index in [4.69, 9.17) is 0 Å². The number of rotatable bonds is 4. The summed E-state index contributed by atoms with van der Waals surface area (Å²) < 4.78 is 0. The van der Waals surface area contributed by atoms with E-state index in [9.17, 15) is 0 Å². The molecule has 1 heteroatoms. The van der Waals surface area contributed by atoms with Crippen LogP contribution in [0.2, 0.25) is 0 Å². The number of nitrogens with zero attached hydrogens (tertiary/aromatic N) is 1. The Hall–Kier alpha value is -2.90. The molecule has 0 heterocycles. The van der Waals surface area contributed by atoms with Crippen molar-refractivity contribution in [2.75, 3.05) is 13.1 Å². The summed E-state index contributed by atoms with van der Waals surface area (Å²) in [7, 11) is 0. The summed E-state index contributed by atoms with van der Waals surface area (Å²) in [4.78, 5) is 2.48. The zero-order chi connectivity index (χ0) is 19.8. The van der Waals surface area contributed by atoms with Gasteiger partial charge in [-0.2, -0.15) is 0 Å². The van der Waals surface area contributed by atoms with E-state index in [0.29, 0.717) is 0 Å². The van der Waals surface area contributed by atoms with Crippen LogP contribution in [0.1, 0.15) is 30.5 Å². The highest BCUT2D eigenvalue weighted by atomic mass is 15.1. The highest BCUT2D eigenvalue weighted by molar-refractivity contribution is 5.95. The Bertz CT molecular complexity index is 1180. The van der Waals surface area contributed by atoms with Crippen LogP contribution in [0.25, 0.3) is 33.0 Å². The molecule has 0 fully saturated rings. The highest BCUT2D eigenvalue weighted by Crippen LogP contribution is 2.42.